The zero-order chi connectivity index (χ0) is 20.5. The van der Waals surface area contributed by atoms with Gasteiger partial charge >= 0.3 is 6.16 Å². The van der Waals surface area contributed by atoms with Gasteiger partial charge in [0, 0.05) is 13.2 Å². The highest BCUT2D eigenvalue weighted by atomic mass is 16.7. The van der Waals surface area contributed by atoms with Crippen molar-refractivity contribution in [1.82, 2.24) is 0 Å². The minimum Gasteiger partial charge on any atom is -0.432 e. The molecule has 0 unspecified atom stereocenters. The smallest absolute Gasteiger partial charge is 0.432 e. The molecule has 0 saturated carbocycles. The first-order valence-electron chi connectivity index (χ1n) is 11.8. The Morgan fingerprint density at radius 1 is 0.464 bits per heavy atom. The number of carbonyl (C=O) groups excluding carboxylic acids is 1. The zero-order valence-electron chi connectivity index (χ0n) is 18.7. The van der Waals surface area contributed by atoms with Crippen LogP contribution < -0.4 is 0 Å². The maximum atomic E-state index is 11.4. The van der Waals surface area contributed by atoms with Gasteiger partial charge in [-0.3, -0.25) is 0 Å². The zero-order valence-corrected chi connectivity index (χ0v) is 18.7. The number of carbonyl (C=O) groups is 1. The molecule has 0 rings (SSSR count). The Labute approximate surface area is 173 Å². The number of hydrogen-bond donors (Lipinski definition) is 0. The van der Waals surface area contributed by atoms with E-state index in [1.165, 1.54) is 77.0 Å². The minimum absolute atomic E-state index is 0.244. The Balaban J connectivity index is 3.13. The molecule has 0 aromatic heterocycles. The van der Waals surface area contributed by atoms with Crippen molar-refractivity contribution < 1.29 is 23.7 Å². The SMILES string of the molecule is CCCCCCCCCOCCOC(=O)OCCOCCCCCCCCC. The first-order chi connectivity index (χ1) is 13.8. The van der Waals surface area contributed by atoms with Crippen molar-refractivity contribution in [3.05, 3.63) is 0 Å². The molecule has 0 atom stereocenters. The van der Waals surface area contributed by atoms with Crippen LogP contribution in [0.2, 0.25) is 0 Å². The van der Waals surface area contributed by atoms with Gasteiger partial charge in [-0.2, -0.15) is 0 Å². The molecule has 5 heteroatoms. The summed E-state index contributed by atoms with van der Waals surface area (Å²) in [5.74, 6) is 0. The lowest BCUT2D eigenvalue weighted by atomic mass is 10.1. The predicted octanol–water partition coefficient (Wildman–Crippen LogP) is 6.67. The Morgan fingerprint density at radius 3 is 1.21 bits per heavy atom. The van der Waals surface area contributed by atoms with E-state index in [0.29, 0.717) is 13.2 Å². The quantitative estimate of drug-likeness (QED) is 0.149. The molecule has 0 aliphatic carbocycles. The van der Waals surface area contributed by atoms with Gasteiger partial charge in [-0.15, -0.1) is 0 Å². The molecule has 0 saturated heterocycles. The van der Waals surface area contributed by atoms with E-state index in [2.05, 4.69) is 13.8 Å². The first-order valence-corrected chi connectivity index (χ1v) is 11.8. The fourth-order valence-electron chi connectivity index (χ4n) is 2.94. The van der Waals surface area contributed by atoms with Crippen LogP contribution in [-0.4, -0.2) is 45.8 Å². The lowest BCUT2D eigenvalue weighted by molar-refractivity contribution is 0.0101. The average molecular weight is 403 g/mol. The van der Waals surface area contributed by atoms with Crippen LogP contribution >= 0.6 is 0 Å². The van der Waals surface area contributed by atoms with Gasteiger partial charge in [0.2, 0.25) is 0 Å². The van der Waals surface area contributed by atoms with Crippen molar-refractivity contribution in [2.24, 2.45) is 0 Å². The van der Waals surface area contributed by atoms with E-state index in [-0.39, 0.29) is 13.2 Å². The molecule has 0 spiro atoms. The van der Waals surface area contributed by atoms with Gasteiger partial charge in [-0.1, -0.05) is 90.9 Å². The Morgan fingerprint density at radius 2 is 0.821 bits per heavy atom. The number of rotatable bonds is 22. The van der Waals surface area contributed by atoms with Gasteiger partial charge in [-0.05, 0) is 12.8 Å². The van der Waals surface area contributed by atoms with Crippen LogP contribution in [0, 0.1) is 0 Å². The van der Waals surface area contributed by atoms with Crippen molar-refractivity contribution in [2.75, 3.05) is 39.6 Å². The van der Waals surface area contributed by atoms with Gasteiger partial charge in [-0.25, -0.2) is 4.79 Å². The first kappa shape index (κ1) is 27.2. The number of unbranched alkanes of at least 4 members (excludes halogenated alkanes) is 12. The van der Waals surface area contributed by atoms with E-state index in [1.807, 2.05) is 0 Å². The fraction of sp³-hybridized carbons (Fsp3) is 0.957. The van der Waals surface area contributed by atoms with Crippen molar-refractivity contribution in [2.45, 2.75) is 104 Å². The van der Waals surface area contributed by atoms with Crippen LogP contribution in [0.4, 0.5) is 4.79 Å². The molecule has 0 aliphatic rings. The van der Waals surface area contributed by atoms with E-state index in [1.54, 1.807) is 0 Å². The topological polar surface area (TPSA) is 54.0 Å². The summed E-state index contributed by atoms with van der Waals surface area (Å²) in [6.45, 7) is 7.29. The summed E-state index contributed by atoms with van der Waals surface area (Å²) in [6, 6.07) is 0. The van der Waals surface area contributed by atoms with E-state index < -0.39 is 6.16 Å². The molecule has 0 N–H and O–H groups in total. The van der Waals surface area contributed by atoms with Crippen LogP contribution in [-0.2, 0) is 18.9 Å². The van der Waals surface area contributed by atoms with Gasteiger partial charge < -0.3 is 18.9 Å². The summed E-state index contributed by atoms with van der Waals surface area (Å²) in [5, 5.41) is 0. The van der Waals surface area contributed by atoms with E-state index in [0.717, 1.165) is 26.1 Å². The molecule has 28 heavy (non-hydrogen) atoms. The normalized spacial score (nSPS) is 10.9. The summed E-state index contributed by atoms with van der Waals surface area (Å²) < 4.78 is 20.9. The average Bonchev–Trinajstić information content (AvgIpc) is 2.70. The summed E-state index contributed by atoms with van der Waals surface area (Å²) >= 11 is 0. The standard InChI is InChI=1S/C23H46O5/c1-3-5-7-9-11-13-15-17-25-19-21-27-23(24)28-22-20-26-18-16-14-12-10-8-6-4-2/h3-22H2,1-2H3. The van der Waals surface area contributed by atoms with Crippen molar-refractivity contribution in [3.63, 3.8) is 0 Å². The third-order valence-corrected chi connectivity index (χ3v) is 4.68. The number of hydrogen-bond acceptors (Lipinski definition) is 5. The molecular formula is C23H46O5. The summed E-state index contributed by atoms with van der Waals surface area (Å²) in [5.41, 5.74) is 0. The summed E-state index contributed by atoms with van der Waals surface area (Å²) in [7, 11) is 0. The monoisotopic (exact) mass is 402 g/mol. The lowest BCUT2D eigenvalue weighted by Crippen LogP contribution is -2.15. The van der Waals surface area contributed by atoms with Gasteiger partial charge in [0.05, 0.1) is 13.2 Å². The number of ether oxygens (including phenoxy) is 4. The molecule has 0 aliphatic heterocycles. The molecule has 168 valence electrons. The van der Waals surface area contributed by atoms with Crippen LogP contribution in [0.15, 0.2) is 0 Å². The molecule has 5 nitrogen and oxygen atoms in total. The van der Waals surface area contributed by atoms with E-state index in [9.17, 15) is 4.79 Å². The maximum absolute atomic E-state index is 11.4. The molecule has 0 amide bonds. The van der Waals surface area contributed by atoms with Gasteiger partial charge in [0.25, 0.3) is 0 Å². The Bertz CT molecular complexity index is 281. The largest absolute Gasteiger partial charge is 0.508 e. The molecule has 0 heterocycles. The van der Waals surface area contributed by atoms with Gasteiger partial charge in [0.1, 0.15) is 13.2 Å². The third-order valence-electron chi connectivity index (χ3n) is 4.68. The molecule has 0 aromatic carbocycles. The van der Waals surface area contributed by atoms with Crippen molar-refractivity contribution >= 4 is 6.16 Å². The van der Waals surface area contributed by atoms with Crippen molar-refractivity contribution in [3.8, 4) is 0 Å². The van der Waals surface area contributed by atoms with E-state index in [4.69, 9.17) is 18.9 Å². The molecule has 0 bridgehead atoms. The van der Waals surface area contributed by atoms with Crippen LogP contribution in [0.1, 0.15) is 104 Å². The molecule has 0 fully saturated rings. The molecule has 0 aromatic rings. The fourth-order valence-corrected chi connectivity index (χ4v) is 2.94. The highest BCUT2D eigenvalue weighted by Crippen LogP contribution is 2.07. The Kier molecular flexibility index (Phi) is 23.5. The minimum atomic E-state index is -0.640. The van der Waals surface area contributed by atoms with Crippen LogP contribution in [0.5, 0.6) is 0 Å². The third kappa shape index (κ3) is 23.2. The second-order valence-electron chi connectivity index (χ2n) is 7.41. The Hall–Kier alpha value is -0.810. The summed E-state index contributed by atoms with van der Waals surface area (Å²) in [4.78, 5) is 11.4. The maximum Gasteiger partial charge on any atom is 0.508 e. The van der Waals surface area contributed by atoms with E-state index >= 15 is 0 Å². The van der Waals surface area contributed by atoms with Gasteiger partial charge in [0.15, 0.2) is 0 Å². The molecular weight excluding hydrogens is 356 g/mol. The van der Waals surface area contributed by atoms with Crippen LogP contribution in [0.25, 0.3) is 0 Å². The lowest BCUT2D eigenvalue weighted by Gasteiger charge is -2.08. The second-order valence-corrected chi connectivity index (χ2v) is 7.41. The second kappa shape index (κ2) is 24.2. The van der Waals surface area contributed by atoms with Crippen LogP contribution in [0.3, 0.4) is 0 Å². The highest BCUT2D eigenvalue weighted by Gasteiger charge is 2.03. The molecule has 0 radical (unpaired) electrons. The highest BCUT2D eigenvalue weighted by molar-refractivity contribution is 5.59. The van der Waals surface area contributed by atoms with Crippen molar-refractivity contribution in [1.29, 1.82) is 0 Å². The summed E-state index contributed by atoms with van der Waals surface area (Å²) in [6.07, 6.45) is 17.1. The predicted molar refractivity (Wildman–Crippen MR) is 115 cm³/mol.